The fourth-order valence-electron chi connectivity index (χ4n) is 2.64. The van der Waals surface area contributed by atoms with E-state index in [1.165, 1.54) is 12.5 Å². The number of carboxylic acid groups (broad SMARTS) is 1. The van der Waals surface area contributed by atoms with Crippen LogP contribution in [0.15, 0.2) is 73.7 Å². The number of fused-ring (bicyclic) bond motifs is 1. The number of anilines is 2. The van der Waals surface area contributed by atoms with Crippen LogP contribution in [0, 0.1) is 0 Å². The summed E-state index contributed by atoms with van der Waals surface area (Å²) in [4.78, 5) is 31.1. The zero-order chi connectivity index (χ0) is 21.0. The molecule has 0 amide bonds. The molecule has 152 valence electrons. The van der Waals surface area contributed by atoms with Crippen LogP contribution in [0.1, 0.15) is 16.8 Å². The van der Waals surface area contributed by atoms with Crippen LogP contribution in [0.4, 0.5) is 11.6 Å². The van der Waals surface area contributed by atoms with Gasteiger partial charge in [0, 0.05) is 49.5 Å². The summed E-state index contributed by atoms with van der Waals surface area (Å²) >= 11 is 0. The molecule has 0 spiro atoms. The third-order valence-corrected chi connectivity index (χ3v) is 3.99. The van der Waals surface area contributed by atoms with E-state index in [9.17, 15) is 9.90 Å². The van der Waals surface area contributed by atoms with Crippen molar-refractivity contribution >= 4 is 28.5 Å². The van der Waals surface area contributed by atoms with Gasteiger partial charge in [-0.05, 0) is 24.6 Å². The molecule has 0 aliphatic rings. The Balaban J connectivity index is 0.000000367. The molecule has 3 heterocycles. The monoisotopic (exact) mass is 403 g/mol. The SMILES string of the molecule is O=C(O)c1cnc2ccccc2c1NCCCNc1ncccn1.c1cncnc1. The fourth-order valence-corrected chi connectivity index (χ4v) is 2.64. The first-order valence-corrected chi connectivity index (χ1v) is 9.31. The quantitative estimate of drug-likeness (QED) is 0.399. The fraction of sp³-hybridized carbons (Fsp3) is 0.143. The van der Waals surface area contributed by atoms with E-state index in [2.05, 4.69) is 35.6 Å². The molecule has 0 radical (unpaired) electrons. The number of benzene rings is 1. The number of para-hydroxylation sites is 1. The molecular weight excluding hydrogens is 382 g/mol. The summed E-state index contributed by atoms with van der Waals surface area (Å²) in [5, 5.41) is 16.5. The highest BCUT2D eigenvalue weighted by molar-refractivity contribution is 6.04. The summed E-state index contributed by atoms with van der Waals surface area (Å²) in [5.41, 5.74) is 1.54. The predicted molar refractivity (Wildman–Crippen MR) is 114 cm³/mol. The molecule has 4 aromatic rings. The van der Waals surface area contributed by atoms with Crippen LogP contribution in [0.25, 0.3) is 10.9 Å². The van der Waals surface area contributed by atoms with Gasteiger partial charge in [-0.15, -0.1) is 0 Å². The normalized spacial score (nSPS) is 10.0. The number of carbonyl (C=O) groups is 1. The molecule has 0 unspecified atom stereocenters. The molecule has 4 rings (SSSR count). The molecule has 3 aromatic heterocycles. The third kappa shape index (κ3) is 5.93. The molecule has 0 aliphatic carbocycles. The molecule has 1 aromatic carbocycles. The van der Waals surface area contributed by atoms with Crippen molar-refractivity contribution in [3.63, 3.8) is 0 Å². The van der Waals surface area contributed by atoms with E-state index in [0.29, 0.717) is 24.7 Å². The molecule has 0 atom stereocenters. The largest absolute Gasteiger partial charge is 0.478 e. The third-order valence-electron chi connectivity index (χ3n) is 3.99. The number of nitrogens with one attached hydrogen (secondary N) is 2. The minimum absolute atomic E-state index is 0.174. The molecule has 9 nitrogen and oxygen atoms in total. The molecule has 0 aliphatic heterocycles. The Morgan fingerprint density at radius 3 is 2.23 bits per heavy atom. The van der Waals surface area contributed by atoms with E-state index in [1.54, 1.807) is 36.9 Å². The number of pyridine rings is 1. The molecule has 9 heteroatoms. The van der Waals surface area contributed by atoms with Gasteiger partial charge in [0.2, 0.25) is 5.95 Å². The van der Waals surface area contributed by atoms with Crippen LogP contribution in [-0.2, 0) is 0 Å². The lowest BCUT2D eigenvalue weighted by Crippen LogP contribution is -2.13. The Labute approximate surface area is 173 Å². The maximum atomic E-state index is 11.4. The Morgan fingerprint density at radius 2 is 1.57 bits per heavy atom. The van der Waals surface area contributed by atoms with Gasteiger partial charge < -0.3 is 15.7 Å². The molecule has 3 N–H and O–H groups in total. The Kier molecular flexibility index (Phi) is 7.55. The van der Waals surface area contributed by atoms with Crippen LogP contribution in [0.3, 0.4) is 0 Å². The second kappa shape index (κ2) is 11.0. The van der Waals surface area contributed by atoms with Gasteiger partial charge in [-0.3, -0.25) is 4.98 Å². The zero-order valence-corrected chi connectivity index (χ0v) is 16.1. The van der Waals surface area contributed by atoms with Crippen LogP contribution in [0.5, 0.6) is 0 Å². The Morgan fingerprint density at radius 1 is 0.867 bits per heavy atom. The lowest BCUT2D eigenvalue weighted by atomic mass is 10.1. The summed E-state index contributed by atoms with van der Waals surface area (Å²) in [6.45, 7) is 1.30. The van der Waals surface area contributed by atoms with Crippen molar-refractivity contribution in [2.24, 2.45) is 0 Å². The molecule has 0 saturated heterocycles. The highest BCUT2D eigenvalue weighted by Gasteiger charge is 2.13. The second-order valence-corrected chi connectivity index (χ2v) is 6.05. The number of aromatic nitrogens is 5. The smallest absolute Gasteiger partial charge is 0.339 e. The molecule has 30 heavy (non-hydrogen) atoms. The number of nitrogens with zero attached hydrogens (tertiary/aromatic N) is 5. The lowest BCUT2D eigenvalue weighted by Gasteiger charge is -2.12. The molecule has 0 fully saturated rings. The van der Waals surface area contributed by atoms with Gasteiger partial charge in [-0.2, -0.15) is 0 Å². The van der Waals surface area contributed by atoms with Gasteiger partial charge >= 0.3 is 5.97 Å². The van der Waals surface area contributed by atoms with Crippen LogP contribution < -0.4 is 10.6 Å². The van der Waals surface area contributed by atoms with Crippen LogP contribution in [0.2, 0.25) is 0 Å². The molecular formula is C21H21N7O2. The number of rotatable bonds is 7. The number of aromatic carboxylic acids is 1. The highest BCUT2D eigenvalue weighted by atomic mass is 16.4. The zero-order valence-electron chi connectivity index (χ0n) is 16.1. The second-order valence-electron chi connectivity index (χ2n) is 6.05. The van der Waals surface area contributed by atoms with Crippen LogP contribution >= 0.6 is 0 Å². The first-order valence-electron chi connectivity index (χ1n) is 9.31. The lowest BCUT2D eigenvalue weighted by molar-refractivity contribution is 0.0697. The number of carboxylic acids is 1. The summed E-state index contributed by atoms with van der Waals surface area (Å²) in [5.74, 6) is -0.412. The van der Waals surface area contributed by atoms with E-state index in [1.807, 2.05) is 24.3 Å². The number of hydrogen-bond acceptors (Lipinski definition) is 8. The van der Waals surface area contributed by atoms with Gasteiger partial charge in [0.15, 0.2) is 0 Å². The highest BCUT2D eigenvalue weighted by Crippen LogP contribution is 2.25. The van der Waals surface area contributed by atoms with Crippen molar-refractivity contribution in [3.8, 4) is 0 Å². The minimum Gasteiger partial charge on any atom is -0.478 e. The average molecular weight is 403 g/mol. The standard InChI is InChI=1S/C17H17N5O2.C4H4N2/c23-16(24)13-11-22-14-6-2-1-5-12(14)15(13)18-7-3-8-19-17-20-9-4-10-21-17;1-2-5-4-6-3-1/h1-2,4-6,9-11H,3,7-8H2,(H,18,22)(H,23,24)(H,19,20,21);1-4H. The van der Waals surface area contributed by atoms with E-state index < -0.39 is 5.97 Å². The first kappa shape index (κ1) is 20.6. The summed E-state index contributed by atoms with van der Waals surface area (Å²) in [7, 11) is 0. The van der Waals surface area contributed by atoms with Gasteiger partial charge in [-0.25, -0.2) is 24.7 Å². The Hall–Kier alpha value is -4.14. The van der Waals surface area contributed by atoms with E-state index >= 15 is 0 Å². The van der Waals surface area contributed by atoms with E-state index in [-0.39, 0.29) is 5.56 Å². The molecule has 0 bridgehead atoms. The first-order chi connectivity index (χ1) is 14.8. The van der Waals surface area contributed by atoms with Crippen molar-refractivity contribution in [2.45, 2.75) is 6.42 Å². The van der Waals surface area contributed by atoms with Crippen molar-refractivity contribution in [1.82, 2.24) is 24.9 Å². The van der Waals surface area contributed by atoms with Crippen LogP contribution in [-0.4, -0.2) is 49.1 Å². The van der Waals surface area contributed by atoms with Crippen molar-refractivity contribution in [3.05, 3.63) is 79.3 Å². The summed E-state index contributed by atoms with van der Waals surface area (Å²) in [6.07, 6.45) is 10.4. The van der Waals surface area contributed by atoms with Gasteiger partial charge in [0.05, 0.1) is 11.2 Å². The maximum absolute atomic E-state index is 11.4. The Bertz CT molecular complexity index is 1040. The molecule has 0 saturated carbocycles. The topological polar surface area (TPSA) is 126 Å². The predicted octanol–water partition coefficient (Wildman–Crippen LogP) is 3.11. The summed E-state index contributed by atoms with van der Waals surface area (Å²) in [6, 6.07) is 11.0. The van der Waals surface area contributed by atoms with E-state index in [0.717, 1.165) is 17.3 Å². The van der Waals surface area contributed by atoms with Crippen molar-refractivity contribution in [1.29, 1.82) is 0 Å². The minimum atomic E-state index is -0.994. The van der Waals surface area contributed by atoms with E-state index in [4.69, 9.17) is 0 Å². The van der Waals surface area contributed by atoms with Crippen molar-refractivity contribution < 1.29 is 9.90 Å². The van der Waals surface area contributed by atoms with Gasteiger partial charge in [0.1, 0.15) is 11.9 Å². The summed E-state index contributed by atoms with van der Waals surface area (Å²) < 4.78 is 0. The van der Waals surface area contributed by atoms with Crippen molar-refractivity contribution in [2.75, 3.05) is 23.7 Å². The van der Waals surface area contributed by atoms with Gasteiger partial charge in [-0.1, -0.05) is 18.2 Å². The number of hydrogen-bond donors (Lipinski definition) is 3. The van der Waals surface area contributed by atoms with Gasteiger partial charge in [0.25, 0.3) is 0 Å². The maximum Gasteiger partial charge on any atom is 0.339 e. The average Bonchev–Trinajstić information content (AvgIpc) is 2.81.